The Balaban J connectivity index is 0.000000490. The molecule has 0 aromatic carbocycles. The van der Waals surface area contributed by atoms with Gasteiger partial charge in [0.1, 0.15) is 0 Å². The van der Waals surface area contributed by atoms with Gasteiger partial charge in [-0.3, -0.25) is 14.6 Å². The zero-order valence-corrected chi connectivity index (χ0v) is 4.00. The van der Waals surface area contributed by atoms with Crippen LogP contribution in [0.15, 0.2) is 12.4 Å². The Hall–Kier alpha value is -1.19. The number of rotatable bonds is 1. The fourth-order valence-electron chi connectivity index (χ4n) is 0.325. The van der Waals surface area contributed by atoms with Gasteiger partial charge in [-0.25, -0.2) is 0 Å². The lowest BCUT2D eigenvalue weighted by atomic mass is 10.4. The largest absolute Gasteiger partial charge is 0.298 e. The Kier molecular flexibility index (Phi) is 2.47. The van der Waals surface area contributed by atoms with Gasteiger partial charge < -0.3 is 0 Å². The number of H-pyrrole nitrogens is 1. The lowest BCUT2D eigenvalue weighted by Crippen LogP contribution is -1.66. The average Bonchev–Trinajstić information content (AvgIpc) is 2.14. The Morgan fingerprint density at radius 2 is 2.50 bits per heavy atom. The monoisotopic (exact) mass is 116 g/mol. The number of carbonyl (C=O) groups excluding carboxylic acids is 1. The van der Waals surface area contributed by atoms with Crippen LogP contribution in [0.1, 0.15) is 10.4 Å². The summed E-state index contributed by atoms with van der Waals surface area (Å²) in [6.45, 7) is 0. The lowest BCUT2D eigenvalue weighted by molar-refractivity contribution is 0.112. The lowest BCUT2D eigenvalue weighted by Gasteiger charge is -1.63. The van der Waals surface area contributed by atoms with Gasteiger partial charge in [0.05, 0.1) is 11.8 Å². The van der Waals surface area contributed by atoms with Crippen LogP contribution in [0, 0.1) is 0 Å². The number of nitrogens with one attached hydrogen (secondary N) is 1. The van der Waals surface area contributed by atoms with Crippen LogP contribution in [-0.4, -0.2) is 16.5 Å². The Morgan fingerprint density at radius 1 is 1.75 bits per heavy atom. The topological polar surface area (TPSA) is 45.8 Å². The molecule has 44 valence electrons. The van der Waals surface area contributed by atoms with Crippen molar-refractivity contribution in [1.82, 2.24) is 10.2 Å². The first-order chi connectivity index (χ1) is 3.43. The second-order valence-electron chi connectivity index (χ2n) is 1.15. The van der Waals surface area contributed by atoms with Crippen LogP contribution >= 0.6 is 0 Å². The highest BCUT2D eigenvalue weighted by Gasteiger charge is 1.83. The molecule has 1 heterocycles. The second kappa shape index (κ2) is 2.90. The Labute approximate surface area is 45.1 Å². The number of aromatic amines is 1. The van der Waals surface area contributed by atoms with Crippen LogP contribution in [0.2, 0.25) is 0 Å². The number of aldehydes is 1. The summed E-state index contributed by atoms with van der Waals surface area (Å²) in [5.74, 6) is 0. The van der Waals surface area contributed by atoms with Gasteiger partial charge in [0.2, 0.25) is 0 Å². The summed E-state index contributed by atoms with van der Waals surface area (Å²) in [4.78, 5) is 9.81. The number of halogens is 1. The summed E-state index contributed by atoms with van der Waals surface area (Å²) in [5, 5.41) is 6.04. The van der Waals surface area contributed by atoms with Crippen LogP contribution in [-0.2, 0) is 0 Å². The molecule has 0 radical (unpaired) electrons. The molecule has 3 nitrogen and oxygen atoms in total. The van der Waals surface area contributed by atoms with E-state index in [9.17, 15) is 4.79 Å². The summed E-state index contributed by atoms with van der Waals surface area (Å²) in [7, 11) is 0. The van der Waals surface area contributed by atoms with E-state index in [1.165, 1.54) is 12.4 Å². The molecule has 0 aliphatic carbocycles. The van der Waals surface area contributed by atoms with Crippen molar-refractivity contribution < 1.29 is 9.50 Å². The van der Waals surface area contributed by atoms with Crippen molar-refractivity contribution in [1.29, 1.82) is 0 Å². The maximum Gasteiger partial charge on any atom is 0.153 e. The van der Waals surface area contributed by atoms with Crippen molar-refractivity contribution in [2.45, 2.75) is 0 Å². The van der Waals surface area contributed by atoms with E-state index in [1.807, 2.05) is 0 Å². The van der Waals surface area contributed by atoms with E-state index >= 15 is 0 Å². The highest BCUT2D eigenvalue weighted by atomic mass is 19.0. The normalized spacial score (nSPS) is 7.50. The first-order valence-corrected chi connectivity index (χ1v) is 1.87. The summed E-state index contributed by atoms with van der Waals surface area (Å²) in [6, 6.07) is 0. The first-order valence-electron chi connectivity index (χ1n) is 1.87. The van der Waals surface area contributed by atoms with Crippen LogP contribution in [0.5, 0.6) is 0 Å². The van der Waals surface area contributed by atoms with E-state index in [0.717, 1.165) is 6.29 Å². The number of nitrogens with zero attached hydrogens (tertiary/aromatic N) is 1. The molecule has 0 saturated carbocycles. The number of aromatic nitrogens is 2. The minimum atomic E-state index is 0. The van der Waals surface area contributed by atoms with Crippen molar-refractivity contribution in [2.24, 2.45) is 0 Å². The van der Waals surface area contributed by atoms with E-state index in [0.29, 0.717) is 5.56 Å². The van der Waals surface area contributed by atoms with E-state index in [2.05, 4.69) is 10.2 Å². The third kappa shape index (κ3) is 1.14. The van der Waals surface area contributed by atoms with Crippen LogP contribution in [0.25, 0.3) is 0 Å². The molecule has 0 spiro atoms. The molecule has 0 fully saturated rings. The van der Waals surface area contributed by atoms with Crippen molar-refractivity contribution >= 4 is 6.29 Å². The van der Waals surface area contributed by atoms with Crippen LogP contribution in [0.4, 0.5) is 4.70 Å². The van der Waals surface area contributed by atoms with Crippen LogP contribution in [0.3, 0.4) is 0 Å². The molecule has 1 N–H and O–H groups in total. The SMILES string of the molecule is F.O=Cc1cn[nH]c1. The molecule has 4 heteroatoms. The molecule has 0 saturated heterocycles. The zero-order chi connectivity index (χ0) is 5.11. The van der Waals surface area contributed by atoms with E-state index < -0.39 is 0 Å². The smallest absolute Gasteiger partial charge is 0.153 e. The predicted molar refractivity (Wildman–Crippen MR) is 26.5 cm³/mol. The molecule has 0 aliphatic rings. The second-order valence-corrected chi connectivity index (χ2v) is 1.15. The number of hydrogen-bond acceptors (Lipinski definition) is 2. The summed E-state index contributed by atoms with van der Waals surface area (Å²) in [5.41, 5.74) is 0.583. The predicted octanol–water partition coefficient (Wildman–Crippen LogP) is 0.375. The van der Waals surface area contributed by atoms with Gasteiger partial charge >= 0.3 is 0 Å². The first kappa shape index (κ1) is 6.81. The highest BCUT2D eigenvalue weighted by Crippen LogP contribution is 1.83. The van der Waals surface area contributed by atoms with Crippen molar-refractivity contribution in [3.05, 3.63) is 18.0 Å². The zero-order valence-electron chi connectivity index (χ0n) is 4.00. The molecule has 0 unspecified atom stereocenters. The molecule has 0 atom stereocenters. The molecule has 1 rings (SSSR count). The van der Waals surface area contributed by atoms with Gasteiger partial charge in [-0.05, 0) is 0 Å². The molecule has 8 heavy (non-hydrogen) atoms. The van der Waals surface area contributed by atoms with Crippen molar-refractivity contribution in [2.75, 3.05) is 0 Å². The average molecular weight is 116 g/mol. The van der Waals surface area contributed by atoms with Gasteiger partial charge in [0.25, 0.3) is 0 Å². The minimum Gasteiger partial charge on any atom is -0.298 e. The third-order valence-electron chi connectivity index (χ3n) is 0.655. The van der Waals surface area contributed by atoms with Gasteiger partial charge in [0, 0.05) is 6.20 Å². The Bertz CT molecular complexity index is 149. The highest BCUT2D eigenvalue weighted by molar-refractivity contribution is 5.73. The molecule has 0 bridgehead atoms. The van der Waals surface area contributed by atoms with E-state index in [1.54, 1.807) is 0 Å². The standard InChI is InChI=1S/C4H4N2O.FH/c7-3-4-1-5-6-2-4;/h1-3H,(H,5,6);1H. The van der Waals surface area contributed by atoms with Gasteiger partial charge in [0.15, 0.2) is 6.29 Å². The number of hydrogen-bond donors (Lipinski definition) is 1. The maximum atomic E-state index is 9.81. The molecular formula is C4H5FN2O. The Morgan fingerprint density at radius 3 is 2.75 bits per heavy atom. The van der Waals surface area contributed by atoms with E-state index in [-0.39, 0.29) is 4.70 Å². The molecule has 0 amide bonds. The van der Waals surface area contributed by atoms with Crippen molar-refractivity contribution in [3.63, 3.8) is 0 Å². The quantitative estimate of drug-likeness (QED) is 0.539. The maximum absolute atomic E-state index is 9.81. The third-order valence-corrected chi connectivity index (χ3v) is 0.655. The van der Waals surface area contributed by atoms with Crippen LogP contribution < -0.4 is 0 Å². The van der Waals surface area contributed by atoms with E-state index in [4.69, 9.17) is 0 Å². The van der Waals surface area contributed by atoms with Gasteiger partial charge in [-0.15, -0.1) is 0 Å². The number of carbonyl (C=O) groups is 1. The molecule has 0 aliphatic heterocycles. The fraction of sp³-hybridized carbons (Fsp3) is 0. The molecule has 1 aromatic heterocycles. The fourth-order valence-corrected chi connectivity index (χ4v) is 0.325. The van der Waals surface area contributed by atoms with Gasteiger partial charge in [-0.1, -0.05) is 0 Å². The molecule has 1 aromatic rings. The summed E-state index contributed by atoms with van der Waals surface area (Å²) in [6.07, 6.45) is 3.74. The van der Waals surface area contributed by atoms with Gasteiger partial charge in [-0.2, -0.15) is 5.10 Å². The summed E-state index contributed by atoms with van der Waals surface area (Å²) >= 11 is 0. The minimum absolute atomic E-state index is 0. The van der Waals surface area contributed by atoms with Crippen molar-refractivity contribution in [3.8, 4) is 0 Å². The molecular weight excluding hydrogens is 111 g/mol. The summed E-state index contributed by atoms with van der Waals surface area (Å²) < 4.78 is 0.